The maximum absolute atomic E-state index is 11.0. The van der Waals surface area contributed by atoms with E-state index >= 15 is 0 Å². The van der Waals surface area contributed by atoms with Gasteiger partial charge in [0.05, 0.1) is 0 Å². The van der Waals surface area contributed by atoms with Crippen LogP contribution in [0, 0.1) is 0 Å². The second kappa shape index (κ2) is 12.2. The van der Waals surface area contributed by atoms with Crippen molar-refractivity contribution in [1.82, 2.24) is 10.4 Å². The predicted octanol–water partition coefficient (Wildman–Crippen LogP) is 4.19. The Kier molecular flexibility index (Phi) is 9.47. The lowest BCUT2D eigenvalue weighted by molar-refractivity contribution is -0.129. The third-order valence-corrected chi connectivity index (χ3v) is 4.56. The standard InChI is InChI=1S/C22H30N2O2/c25-22(23-26)15-9-1-2-10-17-24(19-21-13-7-4-8-14-21)18-16-20-11-5-3-6-12-20/h3-8,11-14,26H,1-2,9-10,15-19H2,(H,23,25). The van der Waals surface area contributed by atoms with Crippen LogP contribution < -0.4 is 5.48 Å². The van der Waals surface area contributed by atoms with Gasteiger partial charge in [0, 0.05) is 19.5 Å². The minimum absolute atomic E-state index is 0.293. The van der Waals surface area contributed by atoms with E-state index in [1.165, 1.54) is 11.1 Å². The number of carbonyl (C=O) groups is 1. The second-order valence-corrected chi connectivity index (χ2v) is 6.70. The number of rotatable bonds is 12. The number of nitrogens with zero attached hydrogens (tertiary/aromatic N) is 1. The van der Waals surface area contributed by atoms with Crippen molar-refractivity contribution in [2.24, 2.45) is 0 Å². The van der Waals surface area contributed by atoms with E-state index in [9.17, 15) is 4.79 Å². The van der Waals surface area contributed by atoms with Gasteiger partial charge >= 0.3 is 0 Å². The molecule has 0 atom stereocenters. The Labute approximate surface area is 156 Å². The molecule has 2 aromatic carbocycles. The zero-order valence-electron chi connectivity index (χ0n) is 15.4. The fourth-order valence-corrected chi connectivity index (χ4v) is 3.07. The van der Waals surface area contributed by atoms with Crippen molar-refractivity contribution < 1.29 is 10.0 Å². The van der Waals surface area contributed by atoms with E-state index in [1.54, 1.807) is 5.48 Å². The van der Waals surface area contributed by atoms with Crippen LogP contribution >= 0.6 is 0 Å². The number of nitrogens with one attached hydrogen (secondary N) is 1. The van der Waals surface area contributed by atoms with Gasteiger partial charge in [-0.15, -0.1) is 0 Å². The first-order valence-electron chi connectivity index (χ1n) is 9.51. The highest BCUT2D eigenvalue weighted by Crippen LogP contribution is 2.10. The maximum Gasteiger partial charge on any atom is 0.243 e. The Morgan fingerprint density at radius 2 is 1.42 bits per heavy atom. The molecule has 0 aromatic heterocycles. The summed E-state index contributed by atoms with van der Waals surface area (Å²) in [7, 11) is 0. The van der Waals surface area contributed by atoms with Crippen LogP contribution in [0.5, 0.6) is 0 Å². The Balaban J connectivity index is 1.76. The molecular weight excluding hydrogens is 324 g/mol. The molecule has 1 amide bonds. The van der Waals surface area contributed by atoms with Gasteiger partial charge in [-0.3, -0.25) is 14.9 Å². The topological polar surface area (TPSA) is 52.6 Å². The fraction of sp³-hybridized carbons (Fsp3) is 0.409. The van der Waals surface area contributed by atoms with E-state index in [0.29, 0.717) is 6.42 Å². The monoisotopic (exact) mass is 354 g/mol. The number of amides is 1. The Morgan fingerprint density at radius 1 is 0.808 bits per heavy atom. The van der Waals surface area contributed by atoms with Crippen LogP contribution in [0.2, 0.25) is 0 Å². The van der Waals surface area contributed by atoms with Gasteiger partial charge in [-0.05, 0) is 36.9 Å². The summed E-state index contributed by atoms with van der Waals surface area (Å²) < 4.78 is 0. The molecule has 0 saturated carbocycles. The van der Waals surface area contributed by atoms with E-state index in [2.05, 4.69) is 65.6 Å². The zero-order chi connectivity index (χ0) is 18.5. The van der Waals surface area contributed by atoms with E-state index in [1.807, 2.05) is 0 Å². The van der Waals surface area contributed by atoms with Crippen molar-refractivity contribution in [3.63, 3.8) is 0 Å². The molecule has 0 radical (unpaired) electrons. The number of hydrogen-bond donors (Lipinski definition) is 2. The SMILES string of the molecule is O=C(CCCCCCN(CCc1ccccc1)Cc1ccccc1)NO. The molecule has 140 valence electrons. The van der Waals surface area contributed by atoms with Gasteiger partial charge in [0.1, 0.15) is 0 Å². The van der Waals surface area contributed by atoms with Gasteiger partial charge in [0.25, 0.3) is 0 Å². The van der Waals surface area contributed by atoms with Gasteiger partial charge in [0.15, 0.2) is 0 Å². The normalized spacial score (nSPS) is 10.8. The lowest BCUT2D eigenvalue weighted by Crippen LogP contribution is -2.27. The first-order valence-corrected chi connectivity index (χ1v) is 9.51. The maximum atomic E-state index is 11.0. The number of hydrogen-bond acceptors (Lipinski definition) is 3. The van der Waals surface area contributed by atoms with E-state index in [4.69, 9.17) is 5.21 Å². The van der Waals surface area contributed by atoms with Crippen LogP contribution in [-0.4, -0.2) is 29.1 Å². The molecule has 4 nitrogen and oxygen atoms in total. The largest absolute Gasteiger partial charge is 0.299 e. The molecule has 0 fully saturated rings. The van der Waals surface area contributed by atoms with Crippen LogP contribution in [0.25, 0.3) is 0 Å². The van der Waals surface area contributed by atoms with Crippen molar-refractivity contribution in [2.45, 2.75) is 45.1 Å². The van der Waals surface area contributed by atoms with E-state index in [0.717, 1.165) is 51.7 Å². The van der Waals surface area contributed by atoms with Crippen molar-refractivity contribution in [3.8, 4) is 0 Å². The van der Waals surface area contributed by atoms with Crippen LogP contribution in [0.1, 0.15) is 43.2 Å². The summed E-state index contributed by atoms with van der Waals surface area (Å²) in [5, 5.41) is 8.50. The molecule has 0 unspecified atom stereocenters. The van der Waals surface area contributed by atoms with E-state index in [-0.39, 0.29) is 5.91 Å². The number of carbonyl (C=O) groups excluding carboxylic acids is 1. The summed E-state index contributed by atoms with van der Waals surface area (Å²) >= 11 is 0. The molecule has 0 aliphatic rings. The quantitative estimate of drug-likeness (QED) is 0.341. The lowest BCUT2D eigenvalue weighted by Gasteiger charge is -2.22. The third kappa shape index (κ3) is 8.28. The molecule has 0 aliphatic carbocycles. The summed E-state index contributed by atoms with van der Waals surface area (Å²) in [6.45, 7) is 3.08. The average molecular weight is 354 g/mol. The van der Waals surface area contributed by atoms with Crippen LogP contribution in [0.4, 0.5) is 0 Å². The number of benzene rings is 2. The van der Waals surface area contributed by atoms with Crippen LogP contribution in [0.15, 0.2) is 60.7 Å². The molecule has 0 spiro atoms. The summed E-state index contributed by atoms with van der Waals surface area (Å²) in [6.07, 6.45) is 5.54. The molecule has 26 heavy (non-hydrogen) atoms. The Morgan fingerprint density at radius 3 is 2.08 bits per heavy atom. The minimum Gasteiger partial charge on any atom is -0.299 e. The molecule has 2 rings (SSSR count). The molecule has 2 N–H and O–H groups in total. The zero-order valence-corrected chi connectivity index (χ0v) is 15.4. The minimum atomic E-state index is -0.293. The average Bonchev–Trinajstić information content (AvgIpc) is 2.69. The van der Waals surface area contributed by atoms with Crippen LogP contribution in [-0.2, 0) is 17.8 Å². The Bertz CT molecular complexity index is 617. The molecule has 0 bridgehead atoms. The lowest BCUT2D eigenvalue weighted by atomic mass is 10.1. The predicted molar refractivity (Wildman–Crippen MR) is 105 cm³/mol. The van der Waals surface area contributed by atoms with Crippen LogP contribution in [0.3, 0.4) is 0 Å². The first-order chi connectivity index (χ1) is 12.8. The fourth-order valence-electron chi connectivity index (χ4n) is 3.07. The van der Waals surface area contributed by atoms with Crippen molar-refractivity contribution in [2.75, 3.05) is 13.1 Å². The molecule has 0 heterocycles. The van der Waals surface area contributed by atoms with Crippen molar-refractivity contribution in [3.05, 3.63) is 71.8 Å². The Hall–Kier alpha value is -2.17. The van der Waals surface area contributed by atoms with Gasteiger partial charge in [-0.2, -0.15) is 0 Å². The number of unbranched alkanes of at least 4 members (excludes halogenated alkanes) is 3. The van der Waals surface area contributed by atoms with Crippen molar-refractivity contribution >= 4 is 5.91 Å². The van der Waals surface area contributed by atoms with Gasteiger partial charge in [-0.25, -0.2) is 5.48 Å². The van der Waals surface area contributed by atoms with E-state index < -0.39 is 0 Å². The number of hydroxylamine groups is 1. The molecule has 0 aliphatic heterocycles. The first kappa shape index (κ1) is 20.1. The molecule has 4 heteroatoms. The summed E-state index contributed by atoms with van der Waals surface area (Å²) in [6, 6.07) is 21.2. The van der Waals surface area contributed by atoms with Gasteiger partial charge in [-0.1, -0.05) is 73.5 Å². The molecule has 2 aromatic rings. The second-order valence-electron chi connectivity index (χ2n) is 6.70. The van der Waals surface area contributed by atoms with Gasteiger partial charge in [0.2, 0.25) is 5.91 Å². The smallest absolute Gasteiger partial charge is 0.243 e. The summed E-state index contributed by atoms with van der Waals surface area (Å²) in [4.78, 5) is 13.5. The third-order valence-electron chi connectivity index (χ3n) is 4.56. The van der Waals surface area contributed by atoms with Crippen molar-refractivity contribution in [1.29, 1.82) is 0 Å². The van der Waals surface area contributed by atoms with Gasteiger partial charge < -0.3 is 0 Å². The summed E-state index contributed by atoms with van der Waals surface area (Å²) in [5.41, 5.74) is 4.41. The summed E-state index contributed by atoms with van der Waals surface area (Å²) in [5.74, 6) is -0.293. The molecule has 0 saturated heterocycles. The highest BCUT2D eigenvalue weighted by molar-refractivity contribution is 5.74. The highest BCUT2D eigenvalue weighted by atomic mass is 16.5. The molecular formula is C22H30N2O2. The highest BCUT2D eigenvalue weighted by Gasteiger charge is 2.07.